The number of hydrogen-bond donors (Lipinski definition) is 1. The Hall–Kier alpha value is -4.88. The van der Waals surface area contributed by atoms with Gasteiger partial charge in [0.15, 0.2) is 11.6 Å². The lowest BCUT2D eigenvalue weighted by Crippen LogP contribution is -2.49. The van der Waals surface area contributed by atoms with Gasteiger partial charge in [0.05, 0.1) is 36.8 Å². The van der Waals surface area contributed by atoms with Crippen LogP contribution in [-0.4, -0.2) is 42.6 Å². The van der Waals surface area contributed by atoms with E-state index in [0.717, 1.165) is 11.1 Å². The average molecular weight is 591 g/mol. The summed E-state index contributed by atoms with van der Waals surface area (Å²) in [7, 11) is 2.99. The topological polar surface area (TPSA) is 84.9 Å². The Labute approximate surface area is 253 Å². The van der Waals surface area contributed by atoms with Crippen LogP contribution in [-0.2, 0) is 10.2 Å². The van der Waals surface area contributed by atoms with Crippen molar-refractivity contribution in [2.45, 2.75) is 17.5 Å². The summed E-state index contributed by atoms with van der Waals surface area (Å²) in [5.41, 5.74) is 2.06. The number of ketones is 2. The molecule has 1 saturated heterocycles. The molecule has 0 bridgehead atoms. The van der Waals surface area contributed by atoms with Crippen LogP contribution in [0.3, 0.4) is 0 Å². The second-order valence-electron chi connectivity index (χ2n) is 10.9. The van der Waals surface area contributed by atoms with Crippen molar-refractivity contribution in [3.05, 3.63) is 130 Å². The zero-order valence-electron chi connectivity index (χ0n) is 23.4. The van der Waals surface area contributed by atoms with Crippen molar-refractivity contribution in [2.75, 3.05) is 19.5 Å². The first-order valence-electron chi connectivity index (χ1n) is 13.9. The number of hydrogen-bond acceptors (Lipinski definition) is 6. The normalized spacial score (nSPS) is 22.9. The third-order valence-electron chi connectivity index (χ3n) is 8.93. The highest BCUT2D eigenvalue weighted by molar-refractivity contribution is 6.34. The minimum atomic E-state index is -1.47. The van der Waals surface area contributed by atoms with Crippen LogP contribution in [0.2, 0.25) is 5.02 Å². The van der Waals surface area contributed by atoms with Crippen LogP contribution in [0, 0.1) is 5.92 Å². The predicted molar refractivity (Wildman–Crippen MR) is 164 cm³/mol. The van der Waals surface area contributed by atoms with Gasteiger partial charge in [-0.15, -0.1) is 0 Å². The van der Waals surface area contributed by atoms with Gasteiger partial charge in [-0.1, -0.05) is 66.2 Å². The molecule has 1 fully saturated rings. The van der Waals surface area contributed by atoms with E-state index in [-0.39, 0.29) is 27.8 Å². The van der Waals surface area contributed by atoms with E-state index in [1.807, 2.05) is 65.7 Å². The van der Waals surface area contributed by atoms with Gasteiger partial charge in [-0.3, -0.25) is 14.4 Å². The quantitative estimate of drug-likeness (QED) is 0.264. The highest BCUT2D eigenvalue weighted by atomic mass is 35.5. The first kappa shape index (κ1) is 27.0. The summed E-state index contributed by atoms with van der Waals surface area (Å²) in [6.07, 6.45) is 3.75. The van der Waals surface area contributed by atoms with E-state index in [9.17, 15) is 9.59 Å². The number of carbonyl (C=O) groups excluding carboxylic acids is 3. The summed E-state index contributed by atoms with van der Waals surface area (Å²) in [6.45, 7) is 0. The van der Waals surface area contributed by atoms with E-state index in [1.54, 1.807) is 42.5 Å². The molecule has 3 heterocycles. The van der Waals surface area contributed by atoms with Gasteiger partial charge < -0.3 is 19.7 Å². The molecule has 1 N–H and O–H groups in total. The number of Topliss-reactive ketones (excluding diaryl/α,β-unsaturated/α-hetero) is 2. The maximum atomic E-state index is 15.1. The van der Waals surface area contributed by atoms with E-state index in [1.165, 1.54) is 14.2 Å². The number of methoxy groups -OCH3 is 2. The molecular weight excluding hydrogens is 564 g/mol. The molecule has 4 aromatic rings. The van der Waals surface area contributed by atoms with Crippen LogP contribution < -0.4 is 14.8 Å². The van der Waals surface area contributed by atoms with Crippen LogP contribution >= 0.6 is 11.6 Å². The molecule has 4 atom stereocenters. The number of halogens is 1. The number of fused-ring (bicyclic) bond motifs is 6. The molecule has 1 amide bonds. The molecule has 43 heavy (non-hydrogen) atoms. The molecule has 1 spiro atoms. The zero-order chi connectivity index (χ0) is 29.9. The molecule has 7 rings (SSSR count). The largest absolute Gasteiger partial charge is 0.497 e. The van der Waals surface area contributed by atoms with Crippen molar-refractivity contribution in [1.82, 2.24) is 4.90 Å². The molecular formula is C35H27ClN2O5. The maximum Gasteiger partial charge on any atom is 0.238 e. The van der Waals surface area contributed by atoms with Crippen LogP contribution in [0.1, 0.15) is 43.4 Å². The maximum absolute atomic E-state index is 15.1. The lowest BCUT2D eigenvalue weighted by molar-refractivity contribution is -0.122. The first-order chi connectivity index (χ1) is 20.9. The number of rotatable bonds is 6. The fourth-order valence-electron chi connectivity index (χ4n) is 7.16. The van der Waals surface area contributed by atoms with Crippen molar-refractivity contribution >= 4 is 40.8 Å². The fraction of sp³-hybridized carbons (Fsp3) is 0.171. The number of benzene rings is 4. The highest BCUT2D eigenvalue weighted by Gasteiger charge is 2.71. The van der Waals surface area contributed by atoms with Gasteiger partial charge >= 0.3 is 0 Å². The molecule has 3 aliphatic rings. The van der Waals surface area contributed by atoms with Crippen molar-refractivity contribution in [3.8, 4) is 11.5 Å². The summed E-state index contributed by atoms with van der Waals surface area (Å²) >= 11 is 6.59. The van der Waals surface area contributed by atoms with Crippen molar-refractivity contribution in [3.63, 3.8) is 0 Å². The van der Waals surface area contributed by atoms with E-state index < -0.39 is 29.2 Å². The standard InChI is InChI=1S/C35H27ClN2O5/c1-42-21-15-16-28(43-2)24(19-21)31(39)29-30(32(40)23-11-5-7-13-26(23)36)38-18-17-20-9-3-4-10-22(20)33(38)35(29)25-12-6-8-14-27(25)37-34(35)41/h3-19,29-30,33H,1-2H3,(H,37,41)/t29-,30+,33-,35+/m0/s1. The Morgan fingerprint density at radius 3 is 2.40 bits per heavy atom. The van der Waals surface area contributed by atoms with Crippen molar-refractivity contribution in [1.29, 1.82) is 0 Å². The first-order valence-corrected chi connectivity index (χ1v) is 14.3. The Morgan fingerprint density at radius 1 is 0.860 bits per heavy atom. The Morgan fingerprint density at radius 2 is 1.60 bits per heavy atom. The van der Waals surface area contributed by atoms with E-state index >= 15 is 4.79 Å². The smallest absolute Gasteiger partial charge is 0.238 e. The second-order valence-corrected chi connectivity index (χ2v) is 11.3. The average Bonchev–Trinajstić information content (AvgIpc) is 3.52. The predicted octanol–water partition coefficient (Wildman–Crippen LogP) is 6.34. The summed E-state index contributed by atoms with van der Waals surface area (Å²) in [4.78, 5) is 46.4. The lowest BCUT2D eigenvalue weighted by Gasteiger charge is -2.38. The summed E-state index contributed by atoms with van der Waals surface area (Å²) in [6, 6.07) is 25.2. The van der Waals surface area contributed by atoms with Crippen LogP contribution in [0.15, 0.2) is 97.2 Å². The van der Waals surface area contributed by atoms with E-state index in [0.29, 0.717) is 22.7 Å². The van der Waals surface area contributed by atoms with Gasteiger partial charge in [-0.25, -0.2) is 0 Å². The Kier molecular flexibility index (Phi) is 6.36. The van der Waals surface area contributed by atoms with Gasteiger partial charge in [0.2, 0.25) is 5.91 Å². The highest BCUT2D eigenvalue weighted by Crippen LogP contribution is 2.62. The molecule has 8 heteroatoms. The SMILES string of the molecule is COc1ccc(OC)c(C(=O)[C@@H]2[C@H](C(=O)c3ccccc3Cl)N3C=Cc4ccccc4[C@H]3[C@]23C(=O)Nc2ccccc23)c1. The van der Waals surface area contributed by atoms with Gasteiger partial charge in [-0.2, -0.15) is 0 Å². The van der Waals surface area contributed by atoms with Gasteiger partial charge in [0.1, 0.15) is 23.0 Å². The number of carbonyl (C=O) groups is 3. The molecule has 0 saturated carbocycles. The van der Waals surface area contributed by atoms with Gasteiger partial charge in [0.25, 0.3) is 0 Å². The van der Waals surface area contributed by atoms with E-state index in [2.05, 4.69) is 5.32 Å². The molecule has 0 radical (unpaired) electrons. The number of nitrogens with one attached hydrogen (secondary N) is 1. The summed E-state index contributed by atoms with van der Waals surface area (Å²) < 4.78 is 11.1. The molecule has 3 aliphatic heterocycles. The number of ether oxygens (including phenoxy) is 2. The van der Waals surface area contributed by atoms with Gasteiger partial charge in [-0.05, 0) is 59.2 Å². The molecule has 0 aromatic heterocycles. The van der Waals surface area contributed by atoms with Gasteiger partial charge in [0, 0.05) is 17.5 Å². The number of para-hydroxylation sites is 1. The van der Waals surface area contributed by atoms with Crippen LogP contribution in [0.4, 0.5) is 5.69 Å². The number of nitrogens with zero attached hydrogens (tertiary/aromatic N) is 1. The monoisotopic (exact) mass is 590 g/mol. The molecule has 0 unspecified atom stereocenters. The molecule has 0 aliphatic carbocycles. The Balaban J connectivity index is 1.56. The lowest BCUT2D eigenvalue weighted by atomic mass is 9.62. The van der Waals surface area contributed by atoms with Crippen molar-refractivity contribution < 1.29 is 23.9 Å². The fourth-order valence-corrected chi connectivity index (χ4v) is 7.39. The van der Waals surface area contributed by atoms with Crippen LogP contribution in [0.25, 0.3) is 6.08 Å². The number of amides is 1. The zero-order valence-corrected chi connectivity index (χ0v) is 24.2. The molecule has 7 nitrogen and oxygen atoms in total. The summed E-state index contributed by atoms with van der Waals surface area (Å²) in [5, 5.41) is 3.33. The summed E-state index contributed by atoms with van der Waals surface area (Å²) in [5.74, 6) is -1.51. The molecule has 4 aromatic carbocycles. The van der Waals surface area contributed by atoms with E-state index in [4.69, 9.17) is 21.1 Å². The molecule has 214 valence electrons. The third-order valence-corrected chi connectivity index (χ3v) is 9.26. The minimum Gasteiger partial charge on any atom is -0.497 e. The minimum absolute atomic E-state index is 0.220. The Bertz CT molecular complexity index is 1850. The van der Waals surface area contributed by atoms with Crippen molar-refractivity contribution in [2.24, 2.45) is 5.92 Å². The second kappa shape index (κ2) is 10.1. The van der Waals surface area contributed by atoms with Crippen LogP contribution in [0.5, 0.6) is 11.5 Å². The number of anilines is 1. The third kappa shape index (κ3) is 3.78.